The average Bonchev–Trinajstić information content (AvgIpc) is 2.81. The number of aromatic nitrogens is 2. The van der Waals surface area contributed by atoms with E-state index in [1.54, 1.807) is 11.3 Å². The molecule has 1 atom stereocenters. The van der Waals surface area contributed by atoms with Crippen molar-refractivity contribution in [3.05, 3.63) is 16.8 Å². The lowest BCUT2D eigenvalue weighted by Gasteiger charge is -2.12. The molecule has 1 N–H and O–H groups in total. The summed E-state index contributed by atoms with van der Waals surface area (Å²) in [4.78, 5) is 10.7. The summed E-state index contributed by atoms with van der Waals surface area (Å²) in [6.07, 6.45) is 2.18. The minimum absolute atomic E-state index is 0.0392. The summed E-state index contributed by atoms with van der Waals surface area (Å²) in [5, 5.41) is 4.29. The Kier molecular flexibility index (Phi) is 2.98. The molecule has 0 spiro atoms. The highest BCUT2D eigenvalue weighted by Gasteiger charge is 2.28. The fourth-order valence-corrected chi connectivity index (χ4v) is 5.06. The molecule has 7 heteroatoms. The molecular formula is C12H15N3O2S2. The molecule has 5 nitrogen and oxygen atoms in total. The van der Waals surface area contributed by atoms with Crippen LogP contribution in [0.5, 0.6) is 0 Å². The largest absolute Gasteiger partial charge is 0.366 e. The Balaban J connectivity index is 1.97. The van der Waals surface area contributed by atoms with Crippen molar-refractivity contribution >= 4 is 37.2 Å². The minimum Gasteiger partial charge on any atom is -0.366 e. The predicted molar refractivity (Wildman–Crippen MR) is 77.6 cm³/mol. The van der Waals surface area contributed by atoms with Gasteiger partial charge in [0, 0.05) is 10.9 Å². The first kappa shape index (κ1) is 12.8. The third-order valence-electron chi connectivity index (χ3n) is 3.54. The van der Waals surface area contributed by atoms with Gasteiger partial charge >= 0.3 is 0 Å². The van der Waals surface area contributed by atoms with Crippen LogP contribution in [0.2, 0.25) is 0 Å². The number of thiophene rings is 1. The van der Waals surface area contributed by atoms with Crippen LogP contribution in [0.3, 0.4) is 0 Å². The van der Waals surface area contributed by atoms with Crippen LogP contribution in [0, 0.1) is 13.8 Å². The van der Waals surface area contributed by atoms with Crippen LogP contribution in [0.15, 0.2) is 6.33 Å². The average molecular weight is 297 g/mol. The zero-order chi connectivity index (χ0) is 13.6. The molecule has 3 heterocycles. The fourth-order valence-electron chi connectivity index (χ4n) is 2.39. The molecule has 0 radical (unpaired) electrons. The molecule has 1 saturated heterocycles. The predicted octanol–water partition coefficient (Wildman–Crippen LogP) is 1.91. The highest BCUT2D eigenvalue weighted by atomic mass is 32.2. The quantitative estimate of drug-likeness (QED) is 0.916. The van der Waals surface area contributed by atoms with Gasteiger partial charge in [-0.3, -0.25) is 0 Å². The van der Waals surface area contributed by atoms with Gasteiger partial charge in [0.15, 0.2) is 9.84 Å². The van der Waals surface area contributed by atoms with Gasteiger partial charge in [-0.05, 0) is 25.8 Å². The molecule has 0 saturated carbocycles. The fraction of sp³-hybridized carbons (Fsp3) is 0.500. The molecule has 19 heavy (non-hydrogen) atoms. The van der Waals surface area contributed by atoms with Crippen molar-refractivity contribution in [2.45, 2.75) is 26.3 Å². The lowest BCUT2D eigenvalue weighted by molar-refractivity contribution is 0.602. The number of aryl methyl sites for hydroxylation is 2. The zero-order valence-corrected chi connectivity index (χ0v) is 12.4. The van der Waals surface area contributed by atoms with Gasteiger partial charge < -0.3 is 5.32 Å². The van der Waals surface area contributed by atoms with Crippen molar-refractivity contribution in [1.29, 1.82) is 0 Å². The molecule has 1 fully saturated rings. The van der Waals surface area contributed by atoms with Crippen molar-refractivity contribution in [2.24, 2.45) is 0 Å². The summed E-state index contributed by atoms with van der Waals surface area (Å²) in [6.45, 7) is 4.11. The van der Waals surface area contributed by atoms with Crippen molar-refractivity contribution in [2.75, 3.05) is 16.8 Å². The van der Waals surface area contributed by atoms with Crippen molar-refractivity contribution in [3.63, 3.8) is 0 Å². The van der Waals surface area contributed by atoms with Gasteiger partial charge in [-0.1, -0.05) is 0 Å². The normalized spacial score (nSPS) is 21.9. The first-order chi connectivity index (χ1) is 8.96. The number of sulfone groups is 1. The van der Waals surface area contributed by atoms with E-state index >= 15 is 0 Å². The lowest BCUT2D eigenvalue weighted by Crippen LogP contribution is -2.21. The maximum atomic E-state index is 11.5. The summed E-state index contributed by atoms with van der Waals surface area (Å²) in [7, 11) is -2.88. The van der Waals surface area contributed by atoms with E-state index < -0.39 is 9.84 Å². The molecule has 1 aliphatic heterocycles. The van der Waals surface area contributed by atoms with Gasteiger partial charge in [0.1, 0.15) is 17.0 Å². The molecule has 0 amide bonds. The van der Waals surface area contributed by atoms with E-state index in [-0.39, 0.29) is 17.5 Å². The van der Waals surface area contributed by atoms with Gasteiger partial charge in [0.05, 0.1) is 16.9 Å². The molecule has 0 unspecified atom stereocenters. The summed E-state index contributed by atoms with van der Waals surface area (Å²) in [5.74, 6) is 1.22. The van der Waals surface area contributed by atoms with E-state index in [0.29, 0.717) is 6.42 Å². The van der Waals surface area contributed by atoms with Crippen molar-refractivity contribution < 1.29 is 8.42 Å². The summed E-state index contributed by atoms with van der Waals surface area (Å²) >= 11 is 1.64. The highest BCUT2D eigenvalue weighted by molar-refractivity contribution is 7.91. The van der Waals surface area contributed by atoms with E-state index in [9.17, 15) is 8.42 Å². The summed E-state index contributed by atoms with van der Waals surface area (Å²) < 4.78 is 23.0. The van der Waals surface area contributed by atoms with Crippen molar-refractivity contribution in [1.82, 2.24) is 9.97 Å². The lowest BCUT2D eigenvalue weighted by atomic mass is 10.2. The van der Waals surface area contributed by atoms with Crippen LogP contribution in [-0.4, -0.2) is 35.9 Å². The van der Waals surface area contributed by atoms with Crippen LogP contribution in [0.25, 0.3) is 10.2 Å². The minimum atomic E-state index is -2.88. The SMILES string of the molecule is Cc1sc2ncnc(N[C@@H]3CCS(=O)(=O)C3)c2c1C. The Morgan fingerprint density at radius 1 is 1.37 bits per heavy atom. The Morgan fingerprint density at radius 3 is 2.84 bits per heavy atom. The highest BCUT2D eigenvalue weighted by Crippen LogP contribution is 2.33. The molecule has 0 aliphatic carbocycles. The maximum absolute atomic E-state index is 11.5. The van der Waals surface area contributed by atoms with Crippen LogP contribution < -0.4 is 5.32 Å². The first-order valence-corrected chi connectivity index (χ1v) is 8.78. The summed E-state index contributed by atoms with van der Waals surface area (Å²) in [6, 6.07) is -0.0392. The molecule has 0 aromatic carbocycles. The summed E-state index contributed by atoms with van der Waals surface area (Å²) in [5.41, 5.74) is 1.17. The van der Waals surface area contributed by atoms with E-state index in [1.165, 1.54) is 16.8 Å². The second-order valence-corrected chi connectivity index (χ2v) is 8.36. The standard InChI is InChI=1S/C12H15N3O2S2/c1-7-8(2)18-12-10(7)11(13-6-14-12)15-9-3-4-19(16,17)5-9/h6,9H,3-5H2,1-2H3,(H,13,14,15)/t9-/m1/s1. The Morgan fingerprint density at radius 2 is 2.16 bits per heavy atom. The molecule has 1 aliphatic rings. The van der Waals surface area contributed by atoms with E-state index in [0.717, 1.165) is 16.0 Å². The Labute approximate surface area is 116 Å². The van der Waals surface area contributed by atoms with Crippen LogP contribution >= 0.6 is 11.3 Å². The van der Waals surface area contributed by atoms with Gasteiger partial charge in [-0.25, -0.2) is 18.4 Å². The monoisotopic (exact) mass is 297 g/mol. The van der Waals surface area contributed by atoms with Gasteiger partial charge in [-0.15, -0.1) is 11.3 Å². The second kappa shape index (κ2) is 4.42. The molecular weight excluding hydrogens is 282 g/mol. The number of fused-ring (bicyclic) bond motifs is 1. The topological polar surface area (TPSA) is 72.0 Å². The molecule has 102 valence electrons. The van der Waals surface area contributed by atoms with E-state index in [1.807, 2.05) is 6.92 Å². The molecule has 3 rings (SSSR count). The maximum Gasteiger partial charge on any atom is 0.152 e. The zero-order valence-electron chi connectivity index (χ0n) is 10.8. The number of nitrogens with one attached hydrogen (secondary N) is 1. The number of anilines is 1. The van der Waals surface area contributed by atoms with E-state index in [4.69, 9.17) is 0 Å². The molecule has 0 bridgehead atoms. The molecule has 2 aromatic rings. The third kappa shape index (κ3) is 2.32. The van der Waals surface area contributed by atoms with E-state index in [2.05, 4.69) is 22.2 Å². The number of nitrogens with zero attached hydrogens (tertiary/aromatic N) is 2. The van der Waals surface area contributed by atoms with Crippen LogP contribution in [0.1, 0.15) is 16.9 Å². The Hall–Kier alpha value is -1.21. The van der Waals surface area contributed by atoms with Gasteiger partial charge in [0.25, 0.3) is 0 Å². The van der Waals surface area contributed by atoms with Gasteiger partial charge in [0.2, 0.25) is 0 Å². The first-order valence-electron chi connectivity index (χ1n) is 6.14. The van der Waals surface area contributed by atoms with Crippen molar-refractivity contribution in [3.8, 4) is 0 Å². The van der Waals surface area contributed by atoms with Crippen LogP contribution in [-0.2, 0) is 9.84 Å². The molecule has 2 aromatic heterocycles. The smallest absolute Gasteiger partial charge is 0.152 e. The number of rotatable bonds is 2. The van der Waals surface area contributed by atoms with Crippen LogP contribution in [0.4, 0.5) is 5.82 Å². The van der Waals surface area contributed by atoms with Gasteiger partial charge in [-0.2, -0.15) is 0 Å². The third-order valence-corrected chi connectivity index (χ3v) is 6.42. The number of hydrogen-bond acceptors (Lipinski definition) is 6. The Bertz CT molecular complexity index is 737. The second-order valence-electron chi connectivity index (χ2n) is 4.93. The number of hydrogen-bond donors (Lipinski definition) is 1.